The summed E-state index contributed by atoms with van der Waals surface area (Å²) in [5, 5.41) is 0. The van der Waals surface area contributed by atoms with Crippen LogP contribution in [0.2, 0.25) is 0 Å². The molecule has 106 valence electrons. The van der Waals surface area contributed by atoms with Crippen LogP contribution >= 0.6 is 0 Å². The maximum Gasteiger partial charge on any atom is 0.317 e. The molecule has 20 heavy (non-hydrogen) atoms. The molecule has 1 saturated heterocycles. The van der Waals surface area contributed by atoms with Gasteiger partial charge in [-0.15, -0.1) is 0 Å². The molecule has 1 atom stereocenters. The van der Waals surface area contributed by atoms with Gasteiger partial charge in [0.25, 0.3) is 5.91 Å². The molecule has 1 aromatic carbocycles. The quantitative estimate of drug-likeness (QED) is 0.470. The lowest BCUT2D eigenvalue weighted by Gasteiger charge is -2.29. The first-order valence-electron chi connectivity index (χ1n) is 6.67. The molecule has 5 nitrogen and oxygen atoms in total. The predicted molar refractivity (Wildman–Crippen MR) is 71.6 cm³/mol. The molecule has 2 rings (SSSR count). The van der Waals surface area contributed by atoms with Crippen molar-refractivity contribution in [1.29, 1.82) is 0 Å². The molecule has 0 unspecified atom stereocenters. The van der Waals surface area contributed by atoms with Gasteiger partial charge in [0.05, 0.1) is 6.61 Å². The van der Waals surface area contributed by atoms with Crippen LogP contribution in [0.3, 0.4) is 0 Å². The molecule has 1 amide bonds. The monoisotopic (exact) mass is 275 g/mol. The number of amides is 1. The van der Waals surface area contributed by atoms with E-state index in [9.17, 15) is 14.4 Å². The third-order valence-electron chi connectivity index (χ3n) is 3.29. The van der Waals surface area contributed by atoms with E-state index in [-0.39, 0.29) is 6.61 Å². The number of benzene rings is 1. The number of ether oxygens (including phenoxy) is 1. The van der Waals surface area contributed by atoms with Crippen LogP contribution in [0.15, 0.2) is 30.3 Å². The normalized spacial score (nSPS) is 19.1. The van der Waals surface area contributed by atoms with Gasteiger partial charge < -0.3 is 9.64 Å². The SMILES string of the molecule is CCOC(=O)[C@@H]1CCN(Cc2ccccc2)C(=O)C1=O. The van der Waals surface area contributed by atoms with E-state index in [2.05, 4.69) is 0 Å². The van der Waals surface area contributed by atoms with Crippen molar-refractivity contribution in [1.82, 2.24) is 4.90 Å². The molecule has 0 radical (unpaired) electrons. The van der Waals surface area contributed by atoms with Crippen molar-refractivity contribution in [3.8, 4) is 0 Å². The second kappa shape index (κ2) is 6.32. The maximum atomic E-state index is 12.0. The largest absolute Gasteiger partial charge is 0.465 e. The van der Waals surface area contributed by atoms with Crippen LogP contribution in [0.4, 0.5) is 0 Å². The summed E-state index contributed by atoms with van der Waals surface area (Å²) in [7, 11) is 0. The first kappa shape index (κ1) is 14.2. The third kappa shape index (κ3) is 3.04. The van der Waals surface area contributed by atoms with E-state index in [0.29, 0.717) is 19.5 Å². The van der Waals surface area contributed by atoms with Crippen LogP contribution in [0, 0.1) is 5.92 Å². The first-order chi connectivity index (χ1) is 9.63. The fraction of sp³-hybridized carbons (Fsp3) is 0.400. The van der Waals surface area contributed by atoms with Gasteiger partial charge in [-0.25, -0.2) is 0 Å². The zero-order chi connectivity index (χ0) is 14.5. The van der Waals surface area contributed by atoms with Crippen molar-refractivity contribution in [2.24, 2.45) is 5.92 Å². The van der Waals surface area contributed by atoms with Crippen molar-refractivity contribution in [2.75, 3.05) is 13.2 Å². The highest BCUT2D eigenvalue weighted by Gasteiger charge is 2.39. The Morgan fingerprint density at radius 1 is 1.30 bits per heavy atom. The van der Waals surface area contributed by atoms with Crippen LogP contribution in [0.25, 0.3) is 0 Å². The number of Topliss-reactive ketones (excluding diaryl/α,β-unsaturated/α-hetero) is 1. The van der Waals surface area contributed by atoms with Crippen molar-refractivity contribution < 1.29 is 19.1 Å². The van der Waals surface area contributed by atoms with Gasteiger partial charge in [-0.05, 0) is 18.9 Å². The van der Waals surface area contributed by atoms with E-state index in [1.165, 1.54) is 4.90 Å². The Kier molecular flexibility index (Phi) is 4.50. The second-order valence-corrected chi connectivity index (χ2v) is 4.67. The van der Waals surface area contributed by atoms with Crippen molar-refractivity contribution in [3.63, 3.8) is 0 Å². The number of piperidine rings is 1. The summed E-state index contributed by atoms with van der Waals surface area (Å²) in [4.78, 5) is 37.1. The highest BCUT2D eigenvalue weighted by atomic mass is 16.5. The van der Waals surface area contributed by atoms with Crippen molar-refractivity contribution in [2.45, 2.75) is 19.9 Å². The molecule has 0 aromatic heterocycles. The van der Waals surface area contributed by atoms with Gasteiger partial charge in [0, 0.05) is 13.1 Å². The van der Waals surface area contributed by atoms with E-state index >= 15 is 0 Å². The number of ketones is 1. The second-order valence-electron chi connectivity index (χ2n) is 4.67. The minimum absolute atomic E-state index is 0.213. The summed E-state index contributed by atoms with van der Waals surface area (Å²) in [6, 6.07) is 9.45. The molecular weight excluding hydrogens is 258 g/mol. The van der Waals surface area contributed by atoms with Crippen LogP contribution < -0.4 is 0 Å². The number of rotatable bonds is 4. The first-order valence-corrected chi connectivity index (χ1v) is 6.67. The Morgan fingerprint density at radius 3 is 2.65 bits per heavy atom. The van der Waals surface area contributed by atoms with E-state index in [0.717, 1.165) is 5.56 Å². The molecule has 0 aliphatic carbocycles. The summed E-state index contributed by atoms with van der Waals surface area (Å²) in [5.41, 5.74) is 0.961. The summed E-state index contributed by atoms with van der Waals surface area (Å²) < 4.78 is 4.82. The van der Waals surface area contributed by atoms with Gasteiger partial charge in [0.15, 0.2) is 0 Å². The molecule has 5 heteroatoms. The standard InChI is InChI=1S/C15H17NO4/c1-2-20-15(19)12-8-9-16(14(18)13(12)17)10-11-6-4-3-5-7-11/h3-7,12H,2,8-10H2,1H3/t12-/m1/s1. The van der Waals surface area contributed by atoms with E-state index in [1.54, 1.807) is 6.92 Å². The number of hydrogen-bond acceptors (Lipinski definition) is 4. The molecule has 1 aliphatic heterocycles. The fourth-order valence-corrected chi connectivity index (χ4v) is 2.24. The van der Waals surface area contributed by atoms with E-state index < -0.39 is 23.6 Å². The molecule has 0 N–H and O–H groups in total. The number of esters is 1. The molecule has 0 spiro atoms. The van der Waals surface area contributed by atoms with Gasteiger partial charge in [-0.2, -0.15) is 0 Å². The molecule has 0 bridgehead atoms. The van der Waals surface area contributed by atoms with Gasteiger partial charge in [-0.1, -0.05) is 30.3 Å². The summed E-state index contributed by atoms with van der Waals surface area (Å²) in [6.45, 7) is 2.67. The lowest BCUT2D eigenvalue weighted by molar-refractivity contribution is -0.161. The number of hydrogen-bond donors (Lipinski definition) is 0. The van der Waals surface area contributed by atoms with Gasteiger partial charge in [0.2, 0.25) is 5.78 Å². The number of likely N-dealkylation sites (tertiary alicyclic amines) is 1. The number of carbonyl (C=O) groups excluding carboxylic acids is 3. The summed E-state index contributed by atoms with van der Waals surface area (Å²) in [5.74, 6) is -2.79. The van der Waals surface area contributed by atoms with Crippen LogP contribution in [0.1, 0.15) is 18.9 Å². The summed E-state index contributed by atoms with van der Waals surface area (Å²) >= 11 is 0. The Hall–Kier alpha value is -2.17. The smallest absolute Gasteiger partial charge is 0.317 e. The highest BCUT2D eigenvalue weighted by Crippen LogP contribution is 2.18. The number of carbonyl (C=O) groups is 3. The van der Waals surface area contributed by atoms with Crippen LogP contribution in [-0.2, 0) is 25.7 Å². The molecule has 0 saturated carbocycles. The van der Waals surface area contributed by atoms with Gasteiger partial charge in [-0.3, -0.25) is 14.4 Å². The van der Waals surface area contributed by atoms with Crippen LogP contribution in [-0.4, -0.2) is 35.7 Å². The maximum absolute atomic E-state index is 12.0. The Bertz CT molecular complexity index is 512. The predicted octanol–water partition coefficient (Wildman–Crippen LogP) is 1.17. The molecular formula is C15H17NO4. The molecule has 1 aliphatic rings. The lowest BCUT2D eigenvalue weighted by Crippen LogP contribution is -2.48. The summed E-state index contributed by atoms with van der Waals surface area (Å²) in [6.07, 6.45) is 0.330. The highest BCUT2D eigenvalue weighted by molar-refractivity contribution is 6.40. The van der Waals surface area contributed by atoms with E-state index in [1.807, 2.05) is 30.3 Å². The number of nitrogens with zero attached hydrogens (tertiary/aromatic N) is 1. The van der Waals surface area contributed by atoms with Crippen LogP contribution in [0.5, 0.6) is 0 Å². The van der Waals surface area contributed by atoms with Crippen molar-refractivity contribution >= 4 is 17.7 Å². The Labute approximate surface area is 117 Å². The van der Waals surface area contributed by atoms with Gasteiger partial charge in [0.1, 0.15) is 5.92 Å². The van der Waals surface area contributed by atoms with Gasteiger partial charge >= 0.3 is 5.97 Å². The molecule has 1 aromatic rings. The third-order valence-corrected chi connectivity index (χ3v) is 3.29. The van der Waals surface area contributed by atoms with E-state index in [4.69, 9.17) is 4.74 Å². The fourth-order valence-electron chi connectivity index (χ4n) is 2.24. The average Bonchev–Trinajstić information content (AvgIpc) is 2.45. The lowest BCUT2D eigenvalue weighted by atomic mass is 9.94. The topological polar surface area (TPSA) is 63.7 Å². The van der Waals surface area contributed by atoms with Crippen molar-refractivity contribution in [3.05, 3.63) is 35.9 Å². The molecule has 1 fully saturated rings. The zero-order valence-corrected chi connectivity index (χ0v) is 11.4. The Morgan fingerprint density at radius 2 is 2.00 bits per heavy atom. The minimum atomic E-state index is -0.936. The zero-order valence-electron chi connectivity index (χ0n) is 11.4. The minimum Gasteiger partial charge on any atom is -0.465 e. The Balaban J connectivity index is 2.02. The average molecular weight is 275 g/mol. The molecule has 1 heterocycles.